The fraction of sp³-hybridized carbons (Fsp3) is 0.462. The summed E-state index contributed by atoms with van der Waals surface area (Å²) in [6.07, 6.45) is 2.27. The van der Waals surface area contributed by atoms with E-state index in [2.05, 4.69) is 22.2 Å². The summed E-state index contributed by atoms with van der Waals surface area (Å²) in [7, 11) is -3.17. The first-order valence-electron chi connectivity index (χ1n) is 6.38. The summed E-state index contributed by atoms with van der Waals surface area (Å²) < 4.78 is 23.1. The van der Waals surface area contributed by atoms with E-state index in [1.165, 1.54) is 6.26 Å². The average molecular weight is 279 g/mol. The SMILES string of the molecule is CC1NCCC1c1nc2ccc(S(C)(=O)=O)cc2[nH]1. The Bertz CT molecular complexity index is 721. The van der Waals surface area contributed by atoms with Gasteiger partial charge in [-0.05, 0) is 38.1 Å². The Morgan fingerprint density at radius 1 is 1.37 bits per heavy atom. The topological polar surface area (TPSA) is 74.8 Å². The van der Waals surface area contributed by atoms with Crippen LogP contribution in [0.2, 0.25) is 0 Å². The zero-order valence-corrected chi connectivity index (χ0v) is 11.8. The lowest BCUT2D eigenvalue weighted by Gasteiger charge is -2.11. The van der Waals surface area contributed by atoms with Crippen LogP contribution < -0.4 is 5.32 Å². The minimum absolute atomic E-state index is 0.327. The Hall–Kier alpha value is -1.40. The molecule has 1 fully saturated rings. The van der Waals surface area contributed by atoms with Gasteiger partial charge in [0.1, 0.15) is 5.82 Å². The van der Waals surface area contributed by atoms with Crippen LogP contribution >= 0.6 is 0 Å². The highest BCUT2D eigenvalue weighted by atomic mass is 32.2. The maximum Gasteiger partial charge on any atom is 0.175 e. The molecule has 0 spiro atoms. The van der Waals surface area contributed by atoms with Gasteiger partial charge in [-0.25, -0.2) is 13.4 Å². The summed E-state index contributed by atoms with van der Waals surface area (Å²) in [6.45, 7) is 3.14. The molecule has 0 aliphatic carbocycles. The third-order valence-electron chi connectivity index (χ3n) is 3.78. The second-order valence-corrected chi connectivity index (χ2v) is 7.23. The molecular weight excluding hydrogens is 262 g/mol. The molecule has 2 heterocycles. The van der Waals surface area contributed by atoms with Crippen molar-refractivity contribution < 1.29 is 8.42 Å². The highest BCUT2D eigenvalue weighted by Gasteiger charge is 2.27. The molecule has 6 heteroatoms. The molecule has 1 saturated heterocycles. The van der Waals surface area contributed by atoms with Gasteiger partial charge in [0, 0.05) is 18.2 Å². The number of aromatic amines is 1. The van der Waals surface area contributed by atoms with Crippen molar-refractivity contribution >= 4 is 20.9 Å². The van der Waals surface area contributed by atoms with Crippen molar-refractivity contribution in [2.24, 2.45) is 0 Å². The molecule has 102 valence electrons. The molecule has 2 N–H and O–H groups in total. The summed E-state index contributed by atoms with van der Waals surface area (Å²) >= 11 is 0. The van der Waals surface area contributed by atoms with Crippen molar-refractivity contribution in [3.8, 4) is 0 Å². The van der Waals surface area contributed by atoms with E-state index in [1.54, 1.807) is 18.2 Å². The van der Waals surface area contributed by atoms with Crippen LogP contribution in [0.25, 0.3) is 11.0 Å². The Labute approximate surface area is 112 Å². The normalized spacial score (nSPS) is 24.1. The molecule has 1 aliphatic heterocycles. The van der Waals surface area contributed by atoms with Crippen LogP contribution in [0.15, 0.2) is 23.1 Å². The molecule has 1 aliphatic rings. The van der Waals surface area contributed by atoms with Gasteiger partial charge >= 0.3 is 0 Å². The number of fused-ring (bicyclic) bond motifs is 1. The number of aromatic nitrogens is 2. The van der Waals surface area contributed by atoms with E-state index in [4.69, 9.17) is 0 Å². The van der Waals surface area contributed by atoms with Gasteiger partial charge in [0.2, 0.25) is 0 Å². The van der Waals surface area contributed by atoms with Gasteiger partial charge < -0.3 is 10.3 Å². The quantitative estimate of drug-likeness (QED) is 0.872. The standard InChI is InChI=1S/C13H17N3O2S/c1-8-10(5-6-14-8)13-15-11-4-3-9(19(2,17)18)7-12(11)16-13/h3-4,7-8,10,14H,5-6H2,1-2H3,(H,15,16). The molecule has 2 unspecified atom stereocenters. The minimum Gasteiger partial charge on any atom is -0.342 e. The molecule has 19 heavy (non-hydrogen) atoms. The van der Waals surface area contributed by atoms with E-state index < -0.39 is 9.84 Å². The van der Waals surface area contributed by atoms with E-state index in [9.17, 15) is 8.42 Å². The first-order valence-corrected chi connectivity index (χ1v) is 8.27. The summed E-state index contributed by atoms with van der Waals surface area (Å²) in [5.74, 6) is 1.31. The van der Waals surface area contributed by atoms with E-state index in [0.717, 1.165) is 29.8 Å². The van der Waals surface area contributed by atoms with Gasteiger partial charge in [0.05, 0.1) is 15.9 Å². The van der Waals surface area contributed by atoms with Gasteiger partial charge in [0.15, 0.2) is 9.84 Å². The molecule has 0 bridgehead atoms. The summed E-state index contributed by atoms with van der Waals surface area (Å²) in [5, 5.41) is 3.39. The monoisotopic (exact) mass is 279 g/mol. The van der Waals surface area contributed by atoms with Crippen LogP contribution in [0.1, 0.15) is 25.1 Å². The van der Waals surface area contributed by atoms with Crippen molar-refractivity contribution in [1.82, 2.24) is 15.3 Å². The molecule has 5 nitrogen and oxygen atoms in total. The Morgan fingerprint density at radius 2 is 2.16 bits per heavy atom. The van der Waals surface area contributed by atoms with Crippen LogP contribution in [0.4, 0.5) is 0 Å². The van der Waals surface area contributed by atoms with Crippen LogP contribution in [0.5, 0.6) is 0 Å². The van der Waals surface area contributed by atoms with Crippen LogP contribution in [-0.2, 0) is 9.84 Å². The van der Waals surface area contributed by atoms with Gasteiger partial charge in [0.25, 0.3) is 0 Å². The van der Waals surface area contributed by atoms with Crippen molar-refractivity contribution in [3.63, 3.8) is 0 Å². The lowest BCUT2D eigenvalue weighted by molar-refractivity contribution is 0.574. The Kier molecular flexibility index (Phi) is 2.87. The van der Waals surface area contributed by atoms with Crippen molar-refractivity contribution in [2.45, 2.75) is 30.2 Å². The number of rotatable bonds is 2. The maximum absolute atomic E-state index is 11.5. The zero-order chi connectivity index (χ0) is 13.6. The maximum atomic E-state index is 11.5. The largest absolute Gasteiger partial charge is 0.342 e. The lowest BCUT2D eigenvalue weighted by Crippen LogP contribution is -2.22. The number of nitrogens with zero attached hydrogens (tertiary/aromatic N) is 1. The summed E-state index contributed by atoms with van der Waals surface area (Å²) in [6, 6.07) is 5.43. The molecule has 0 amide bonds. The highest BCUT2D eigenvalue weighted by Crippen LogP contribution is 2.27. The second kappa shape index (κ2) is 4.31. The smallest absolute Gasteiger partial charge is 0.175 e. The predicted octanol–water partition coefficient (Wildman–Crippen LogP) is 1.43. The van der Waals surface area contributed by atoms with Crippen LogP contribution in [0, 0.1) is 0 Å². The van der Waals surface area contributed by atoms with E-state index >= 15 is 0 Å². The first kappa shape index (κ1) is 12.6. The van der Waals surface area contributed by atoms with Gasteiger partial charge in [-0.2, -0.15) is 0 Å². The molecular formula is C13H17N3O2S. The number of hydrogen-bond acceptors (Lipinski definition) is 4. The third kappa shape index (κ3) is 2.26. The van der Waals surface area contributed by atoms with Gasteiger partial charge in [-0.1, -0.05) is 0 Å². The lowest BCUT2D eigenvalue weighted by atomic mass is 10.0. The number of sulfone groups is 1. The van der Waals surface area contributed by atoms with E-state index in [0.29, 0.717) is 16.9 Å². The molecule has 1 aromatic carbocycles. The molecule has 2 atom stereocenters. The Balaban J connectivity index is 2.06. The molecule has 2 aromatic rings. The second-order valence-electron chi connectivity index (χ2n) is 5.21. The third-order valence-corrected chi connectivity index (χ3v) is 4.89. The number of nitrogens with one attached hydrogen (secondary N) is 2. The fourth-order valence-corrected chi connectivity index (χ4v) is 3.29. The average Bonchev–Trinajstić information content (AvgIpc) is 2.91. The minimum atomic E-state index is -3.17. The van der Waals surface area contributed by atoms with E-state index in [1.807, 2.05) is 0 Å². The van der Waals surface area contributed by atoms with Crippen molar-refractivity contribution in [1.29, 1.82) is 0 Å². The number of H-pyrrole nitrogens is 1. The van der Waals surface area contributed by atoms with Gasteiger partial charge in [-0.15, -0.1) is 0 Å². The molecule has 1 aromatic heterocycles. The highest BCUT2D eigenvalue weighted by molar-refractivity contribution is 7.90. The molecule has 3 rings (SSSR count). The summed E-state index contributed by atoms with van der Waals surface area (Å²) in [5.41, 5.74) is 1.61. The fourth-order valence-electron chi connectivity index (χ4n) is 2.65. The van der Waals surface area contributed by atoms with E-state index in [-0.39, 0.29) is 0 Å². The number of benzene rings is 1. The van der Waals surface area contributed by atoms with Crippen LogP contribution in [0.3, 0.4) is 0 Å². The zero-order valence-electron chi connectivity index (χ0n) is 11.0. The molecule has 0 radical (unpaired) electrons. The first-order chi connectivity index (χ1) is 8.95. The van der Waals surface area contributed by atoms with Crippen molar-refractivity contribution in [2.75, 3.05) is 12.8 Å². The Morgan fingerprint density at radius 3 is 2.79 bits per heavy atom. The molecule has 0 saturated carbocycles. The van der Waals surface area contributed by atoms with Crippen LogP contribution in [-0.4, -0.2) is 37.2 Å². The van der Waals surface area contributed by atoms with Gasteiger partial charge in [-0.3, -0.25) is 0 Å². The van der Waals surface area contributed by atoms with Crippen molar-refractivity contribution in [3.05, 3.63) is 24.0 Å². The number of imidazole rings is 1. The number of hydrogen-bond donors (Lipinski definition) is 2. The summed E-state index contributed by atoms with van der Waals surface area (Å²) in [4.78, 5) is 8.17. The predicted molar refractivity (Wildman–Crippen MR) is 74.0 cm³/mol.